The number of thiazole rings is 1. The Morgan fingerprint density at radius 3 is 2.75 bits per heavy atom. The first-order valence-corrected chi connectivity index (χ1v) is 13.1. The number of ether oxygens (including phenoxy) is 3. The average Bonchev–Trinajstić information content (AvgIpc) is 3.52. The molecule has 0 aliphatic heterocycles. The summed E-state index contributed by atoms with van der Waals surface area (Å²) in [5, 5.41) is 11.3. The lowest BCUT2D eigenvalue weighted by Crippen LogP contribution is -2.07. The van der Waals surface area contributed by atoms with Crippen LogP contribution in [0.5, 0.6) is 17.2 Å². The van der Waals surface area contributed by atoms with Crippen LogP contribution >= 0.6 is 11.3 Å². The van der Waals surface area contributed by atoms with Crippen LogP contribution in [0.4, 0.5) is 0 Å². The zero-order valence-corrected chi connectivity index (χ0v) is 21.3. The van der Waals surface area contributed by atoms with Crippen LogP contribution in [0.25, 0.3) is 21.5 Å². The molecule has 0 amide bonds. The Bertz CT molecular complexity index is 1350. The molecule has 0 spiro atoms. The normalized spacial score (nSPS) is 13.8. The van der Waals surface area contributed by atoms with Gasteiger partial charge >= 0.3 is 5.97 Å². The van der Waals surface area contributed by atoms with Crippen molar-refractivity contribution in [2.45, 2.75) is 44.9 Å². The largest absolute Gasteiger partial charge is 0.493 e. The number of carbonyl (C=O) groups is 1. The first kappa shape index (κ1) is 24.2. The fraction of sp³-hybridized carbons (Fsp3) is 0.357. The highest BCUT2D eigenvalue weighted by Gasteiger charge is 2.19. The van der Waals surface area contributed by atoms with Gasteiger partial charge in [-0.2, -0.15) is 0 Å². The molecule has 0 saturated heterocycles. The molecule has 2 aromatic heterocycles. The third-order valence-electron chi connectivity index (χ3n) is 6.59. The summed E-state index contributed by atoms with van der Waals surface area (Å²) in [7, 11) is 1.65. The summed E-state index contributed by atoms with van der Waals surface area (Å²) in [4.78, 5) is 20.8. The molecular weight excluding hydrogens is 476 g/mol. The number of nitrogens with one attached hydrogen (secondary N) is 1. The third kappa shape index (κ3) is 5.04. The van der Waals surface area contributed by atoms with Gasteiger partial charge < -0.3 is 24.3 Å². The van der Waals surface area contributed by atoms with Gasteiger partial charge in [0, 0.05) is 34.0 Å². The van der Waals surface area contributed by atoms with Crippen molar-refractivity contribution in [2.75, 3.05) is 20.3 Å². The SMILES string of the molecule is COc1cc(-c2nc3c(s2)CCCC3)ccc1OCCCOc1ccc2[nH]cc(C(C)C(=O)O)c2c1. The van der Waals surface area contributed by atoms with Crippen LogP contribution in [0.2, 0.25) is 0 Å². The highest BCUT2D eigenvalue weighted by Crippen LogP contribution is 2.37. The van der Waals surface area contributed by atoms with E-state index in [-0.39, 0.29) is 0 Å². The second-order valence-electron chi connectivity index (χ2n) is 9.02. The van der Waals surface area contributed by atoms with Crippen molar-refractivity contribution in [3.8, 4) is 27.8 Å². The fourth-order valence-electron chi connectivity index (χ4n) is 4.53. The zero-order chi connectivity index (χ0) is 25.1. The maximum absolute atomic E-state index is 11.4. The molecule has 0 radical (unpaired) electrons. The number of aliphatic carboxylic acids is 1. The van der Waals surface area contributed by atoms with Gasteiger partial charge in [-0.1, -0.05) is 0 Å². The van der Waals surface area contributed by atoms with Crippen molar-refractivity contribution < 1.29 is 24.1 Å². The quantitative estimate of drug-likeness (QED) is 0.248. The number of H-pyrrole nitrogens is 1. The summed E-state index contributed by atoms with van der Waals surface area (Å²) in [5.74, 6) is 0.649. The second-order valence-corrected chi connectivity index (χ2v) is 10.1. The molecule has 5 rings (SSSR count). The third-order valence-corrected chi connectivity index (χ3v) is 7.80. The van der Waals surface area contributed by atoms with Gasteiger partial charge in [-0.3, -0.25) is 4.79 Å². The van der Waals surface area contributed by atoms with E-state index in [0.717, 1.165) is 39.9 Å². The number of hydrogen-bond acceptors (Lipinski definition) is 6. The van der Waals surface area contributed by atoms with E-state index in [1.807, 2.05) is 36.4 Å². The summed E-state index contributed by atoms with van der Waals surface area (Å²) >= 11 is 1.79. The van der Waals surface area contributed by atoms with Crippen LogP contribution in [-0.2, 0) is 17.6 Å². The van der Waals surface area contributed by atoms with Gasteiger partial charge in [-0.15, -0.1) is 11.3 Å². The Balaban J connectivity index is 1.17. The van der Waals surface area contributed by atoms with Crippen LogP contribution in [0.3, 0.4) is 0 Å². The van der Waals surface area contributed by atoms with Crippen molar-refractivity contribution in [3.05, 3.63) is 58.7 Å². The predicted molar refractivity (Wildman–Crippen MR) is 141 cm³/mol. The Morgan fingerprint density at radius 1 is 1.11 bits per heavy atom. The van der Waals surface area contributed by atoms with Gasteiger partial charge in [0.25, 0.3) is 0 Å². The predicted octanol–water partition coefficient (Wildman–Crippen LogP) is 6.21. The molecule has 8 heteroatoms. The Morgan fingerprint density at radius 2 is 1.94 bits per heavy atom. The van der Waals surface area contributed by atoms with E-state index >= 15 is 0 Å². The van der Waals surface area contributed by atoms with Gasteiger partial charge in [0.1, 0.15) is 10.8 Å². The molecule has 1 aliphatic rings. The second kappa shape index (κ2) is 10.6. The van der Waals surface area contributed by atoms with Gasteiger partial charge in [-0.05, 0) is 74.6 Å². The molecule has 1 aliphatic carbocycles. The van der Waals surface area contributed by atoms with Crippen molar-refractivity contribution in [3.63, 3.8) is 0 Å². The number of carboxylic acid groups (broad SMARTS) is 1. The molecule has 2 aromatic carbocycles. The van der Waals surface area contributed by atoms with Crippen molar-refractivity contribution in [1.82, 2.24) is 9.97 Å². The summed E-state index contributed by atoms with van der Waals surface area (Å²) in [5.41, 5.74) is 3.95. The van der Waals surface area contributed by atoms with Gasteiger partial charge in [0.2, 0.25) is 0 Å². The number of aryl methyl sites for hydroxylation is 2. The molecule has 1 unspecified atom stereocenters. The van der Waals surface area contributed by atoms with E-state index < -0.39 is 11.9 Å². The van der Waals surface area contributed by atoms with Crippen LogP contribution in [0.15, 0.2) is 42.6 Å². The fourth-order valence-corrected chi connectivity index (χ4v) is 5.67. The standard InChI is InChI=1S/C28H30N2O5S/c1-17(28(31)32)21-16-29-22-10-9-19(15-20(21)22)34-12-5-13-35-24-11-8-18(14-25(24)33-2)27-30-23-6-3-4-7-26(23)36-27/h8-11,14-17,29H,3-7,12-13H2,1-2H3,(H,31,32). The summed E-state index contributed by atoms with van der Waals surface area (Å²) in [6.07, 6.45) is 7.13. The van der Waals surface area contributed by atoms with Gasteiger partial charge in [0.15, 0.2) is 11.5 Å². The smallest absolute Gasteiger partial charge is 0.310 e. The Kier molecular flexibility index (Phi) is 7.13. The minimum Gasteiger partial charge on any atom is -0.493 e. The topological polar surface area (TPSA) is 93.7 Å². The van der Waals surface area contributed by atoms with Crippen LogP contribution in [-0.4, -0.2) is 41.4 Å². The molecule has 0 bridgehead atoms. The van der Waals surface area contributed by atoms with Crippen molar-refractivity contribution >= 4 is 28.2 Å². The number of methoxy groups -OCH3 is 1. The van der Waals surface area contributed by atoms with E-state index in [9.17, 15) is 9.90 Å². The minimum atomic E-state index is -0.853. The van der Waals surface area contributed by atoms with Crippen LogP contribution in [0.1, 0.15) is 48.2 Å². The lowest BCUT2D eigenvalue weighted by Gasteiger charge is -2.12. The first-order valence-electron chi connectivity index (χ1n) is 12.3. The maximum Gasteiger partial charge on any atom is 0.310 e. The molecule has 1 atom stereocenters. The molecule has 2 N–H and O–H groups in total. The van der Waals surface area contributed by atoms with E-state index in [1.165, 1.54) is 23.4 Å². The number of aromatic nitrogens is 2. The number of rotatable bonds is 10. The number of aromatic amines is 1. The van der Waals surface area contributed by atoms with Crippen LogP contribution < -0.4 is 14.2 Å². The van der Waals surface area contributed by atoms with E-state index in [0.29, 0.717) is 36.9 Å². The first-order chi connectivity index (χ1) is 17.5. The summed E-state index contributed by atoms with van der Waals surface area (Å²) in [6.45, 7) is 2.64. The lowest BCUT2D eigenvalue weighted by atomic mass is 10.0. The zero-order valence-electron chi connectivity index (χ0n) is 20.5. The summed E-state index contributed by atoms with van der Waals surface area (Å²) in [6, 6.07) is 11.7. The van der Waals surface area contributed by atoms with Crippen molar-refractivity contribution in [2.24, 2.45) is 0 Å². The average molecular weight is 507 g/mol. The number of benzene rings is 2. The number of carboxylic acids is 1. The Hall–Kier alpha value is -3.52. The van der Waals surface area contributed by atoms with E-state index in [1.54, 1.807) is 31.6 Å². The van der Waals surface area contributed by atoms with Crippen molar-refractivity contribution in [1.29, 1.82) is 0 Å². The molecule has 188 valence electrons. The number of nitrogens with zero attached hydrogens (tertiary/aromatic N) is 1. The highest BCUT2D eigenvalue weighted by atomic mass is 32.1. The molecule has 0 fully saturated rings. The minimum absolute atomic E-state index is 0.477. The van der Waals surface area contributed by atoms with Gasteiger partial charge in [-0.25, -0.2) is 4.98 Å². The summed E-state index contributed by atoms with van der Waals surface area (Å²) < 4.78 is 17.5. The monoisotopic (exact) mass is 506 g/mol. The lowest BCUT2D eigenvalue weighted by molar-refractivity contribution is -0.138. The molecule has 4 aromatic rings. The molecule has 0 saturated carbocycles. The molecule has 36 heavy (non-hydrogen) atoms. The van der Waals surface area contributed by atoms with E-state index in [2.05, 4.69) is 4.98 Å². The molecular formula is C28H30N2O5S. The number of fused-ring (bicyclic) bond motifs is 2. The Labute approximate surface area is 214 Å². The number of hydrogen-bond donors (Lipinski definition) is 2. The van der Waals surface area contributed by atoms with E-state index in [4.69, 9.17) is 19.2 Å². The maximum atomic E-state index is 11.4. The molecule has 2 heterocycles. The van der Waals surface area contributed by atoms with Gasteiger partial charge in [0.05, 0.1) is 31.9 Å². The highest BCUT2D eigenvalue weighted by molar-refractivity contribution is 7.15. The molecule has 7 nitrogen and oxygen atoms in total. The van der Waals surface area contributed by atoms with Crippen LogP contribution in [0, 0.1) is 0 Å².